The van der Waals surface area contributed by atoms with Crippen molar-refractivity contribution in [2.45, 2.75) is 25.8 Å². The third kappa shape index (κ3) is 4.75. The van der Waals surface area contributed by atoms with Crippen LogP contribution in [0.1, 0.15) is 40.7 Å². The summed E-state index contributed by atoms with van der Waals surface area (Å²) in [5, 5.41) is 12.5. The lowest BCUT2D eigenvalue weighted by Crippen LogP contribution is -2.40. The zero-order valence-electron chi connectivity index (χ0n) is 21.4. The van der Waals surface area contributed by atoms with Crippen LogP contribution in [-0.4, -0.2) is 83.9 Å². The van der Waals surface area contributed by atoms with E-state index in [2.05, 4.69) is 21.8 Å². The summed E-state index contributed by atoms with van der Waals surface area (Å²) < 4.78 is 22.5. The molecule has 202 valence electrons. The first-order valence-electron chi connectivity index (χ1n) is 12.9. The molecule has 2 saturated heterocycles. The lowest BCUT2D eigenvalue weighted by atomic mass is 10.1. The first-order chi connectivity index (χ1) is 18.5. The van der Waals surface area contributed by atoms with Gasteiger partial charge in [0.2, 0.25) is 5.43 Å². The Kier molecular flexibility index (Phi) is 7.89. The highest BCUT2D eigenvalue weighted by atomic mass is 32.1. The van der Waals surface area contributed by atoms with E-state index in [1.807, 2.05) is 24.0 Å². The van der Waals surface area contributed by atoms with Gasteiger partial charge in [-0.3, -0.25) is 18.9 Å². The van der Waals surface area contributed by atoms with Crippen LogP contribution in [0.3, 0.4) is 0 Å². The number of aliphatic hydroxyl groups excluding tert-OH is 1. The van der Waals surface area contributed by atoms with Gasteiger partial charge in [0, 0.05) is 32.2 Å². The summed E-state index contributed by atoms with van der Waals surface area (Å²) in [4.78, 5) is 37.0. The molecule has 0 spiro atoms. The van der Waals surface area contributed by atoms with Crippen LogP contribution < -0.4 is 15.6 Å². The Balaban J connectivity index is 1.62. The number of hydrogen-bond acceptors (Lipinski definition) is 8. The smallest absolute Gasteiger partial charge is 0.258 e. The predicted molar refractivity (Wildman–Crippen MR) is 149 cm³/mol. The molecule has 0 aliphatic carbocycles. The van der Waals surface area contributed by atoms with Crippen molar-refractivity contribution in [3.8, 4) is 0 Å². The van der Waals surface area contributed by atoms with Gasteiger partial charge in [-0.25, -0.2) is 9.37 Å². The molecular weight excluding hydrogens is 509 g/mol. The number of aliphatic hydroxyl groups is 1. The molecule has 1 atom stereocenters. The molecule has 5 heterocycles. The number of ether oxygens (including phenoxy) is 1. The van der Waals surface area contributed by atoms with Crippen molar-refractivity contribution in [3.63, 3.8) is 0 Å². The predicted octanol–water partition coefficient (Wildman–Crippen LogP) is 2.75. The normalized spacial score (nSPS) is 18.7. The van der Waals surface area contributed by atoms with Gasteiger partial charge in [-0.2, -0.15) is 0 Å². The molecule has 3 aromatic heterocycles. The number of nitrogens with one attached hydrogen (secondary N) is 1. The molecular formula is C27H32FN5O4S. The summed E-state index contributed by atoms with van der Waals surface area (Å²) in [5.74, 6) is -0.970. The van der Waals surface area contributed by atoms with Gasteiger partial charge in [0.15, 0.2) is 17.3 Å². The van der Waals surface area contributed by atoms with Crippen LogP contribution in [0.2, 0.25) is 0 Å². The highest BCUT2D eigenvalue weighted by molar-refractivity contribution is 7.19. The van der Waals surface area contributed by atoms with Crippen LogP contribution in [-0.2, 0) is 4.74 Å². The van der Waals surface area contributed by atoms with Crippen molar-refractivity contribution < 1.29 is 19.0 Å². The molecule has 0 saturated carbocycles. The van der Waals surface area contributed by atoms with E-state index in [1.54, 1.807) is 10.5 Å². The Labute approximate surface area is 223 Å². The van der Waals surface area contributed by atoms with Gasteiger partial charge < -0.3 is 20.1 Å². The lowest BCUT2D eigenvalue weighted by Gasteiger charge is -2.28. The van der Waals surface area contributed by atoms with E-state index in [0.29, 0.717) is 49.9 Å². The Hall–Kier alpha value is -3.12. The fourth-order valence-electron chi connectivity index (χ4n) is 5.29. The van der Waals surface area contributed by atoms with Gasteiger partial charge in [0.25, 0.3) is 5.91 Å². The number of pyridine rings is 2. The molecule has 3 aromatic rings. The summed E-state index contributed by atoms with van der Waals surface area (Å²) >= 11 is 1.28. The lowest BCUT2D eigenvalue weighted by molar-refractivity contribution is 0.0943. The van der Waals surface area contributed by atoms with Crippen molar-refractivity contribution >= 4 is 51.1 Å². The number of anilines is 1. The molecule has 5 rings (SSSR count). The molecule has 1 amide bonds. The number of hydrogen-bond donors (Lipinski definition) is 2. The van der Waals surface area contributed by atoms with E-state index in [0.717, 1.165) is 30.0 Å². The molecule has 2 aliphatic heterocycles. The van der Waals surface area contributed by atoms with Crippen LogP contribution in [0.5, 0.6) is 0 Å². The second kappa shape index (κ2) is 11.3. The van der Waals surface area contributed by atoms with E-state index in [4.69, 9.17) is 4.74 Å². The van der Waals surface area contributed by atoms with Gasteiger partial charge in [0.1, 0.15) is 10.4 Å². The minimum atomic E-state index is -0.612. The zero-order chi connectivity index (χ0) is 26.8. The van der Waals surface area contributed by atoms with Crippen molar-refractivity contribution in [1.82, 2.24) is 19.6 Å². The van der Waals surface area contributed by atoms with E-state index < -0.39 is 17.2 Å². The molecule has 38 heavy (non-hydrogen) atoms. The summed E-state index contributed by atoms with van der Waals surface area (Å²) in [5.41, 5.74) is 0.415. The number of carbonyl (C=O) groups is 1. The highest BCUT2D eigenvalue weighted by Gasteiger charge is 2.27. The third-order valence-corrected chi connectivity index (χ3v) is 8.36. The summed E-state index contributed by atoms with van der Waals surface area (Å²) in [6, 6.07) is 1.29. The number of halogens is 1. The van der Waals surface area contributed by atoms with Crippen LogP contribution in [0.25, 0.3) is 28.0 Å². The number of carbonyl (C=O) groups excluding carboxylic acids is 1. The first-order valence-corrected chi connectivity index (χ1v) is 13.7. The monoisotopic (exact) mass is 541 g/mol. The van der Waals surface area contributed by atoms with Crippen LogP contribution in [0, 0.1) is 5.82 Å². The zero-order valence-corrected chi connectivity index (χ0v) is 22.2. The topological polar surface area (TPSA) is 99.4 Å². The van der Waals surface area contributed by atoms with E-state index in [1.165, 1.54) is 17.4 Å². The van der Waals surface area contributed by atoms with Crippen molar-refractivity contribution in [3.05, 3.63) is 50.9 Å². The summed E-state index contributed by atoms with van der Waals surface area (Å²) in [6.45, 7) is 9.54. The number of aromatic nitrogens is 2. The fourth-order valence-corrected chi connectivity index (χ4v) is 6.41. The molecule has 2 N–H and O–H groups in total. The summed E-state index contributed by atoms with van der Waals surface area (Å²) in [6.07, 6.45) is 7.34. The van der Waals surface area contributed by atoms with Gasteiger partial charge in [-0.05, 0) is 44.5 Å². The highest BCUT2D eigenvalue weighted by Crippen LogP contribution is 2.32. The van der Waals surface area contributed by atoms with Crippen molar-refractivity contribution in [2.75, 3.05) is 57.4 Å². The average Bonchev–Trinajstić information content (AvgIpc) is 3.53. The molecule has 0 bridgehead atoms. The van der Waals surface area contributed by atoms with Crippen molar-refractivity contribution in [1.29, 1.82) is 0 Å². The molecule has 9 nitrogen and oxygen atoms in total. The van der Waals surface area contributed by atoms with Gasteiger partial charge in [-0.1, -0.05) is 12.7 Å². The van der Waals surface area contributed by atoms with Crippen LogP contribution in [0.4, 0.5) is 10.2 Å². The SMILES string of the molecule is C=Cc1sc2c(C(=O)NCCN3CCC[C@@H]3CO)c(=O)c3cc(F)c(N4CCOCC4)nc3n2c1/C=C\C. The number of fused-ring (bicyclic) bond motifs is 3. The number of allylic oxidation sites excluding steroid dienone is 1. The van der Waals surface area contributed by atoms with Gasteiger partial charge in [-0.15, -0.1) is 11.3 Å². The fraction of sp³-hybridized carbons (Fsp3) is 0.444. The maximum Gasteiger partial charge on any atom is 0.258 e. The Morgan fingerprint density at radius 2 is 2.16 bits per heavy atom. The largest absolute Gasteiger partial charge is 0.395 e. The van der Waals surface area contributed by atoms with Gasteiger partial charge >= 0.3 is 0 Å². The number of likely N-dealkylation sites (tertiary alicyclic amines) is 1. The quantitative estimate of drug-likeness (QED) is 0.453. The minimum Gasteiger partial charge on any atom is -0.395 e. The molecule has 11 heteroatoms. The maximum atomic E-state index is 15.3. The standard InChI is InChI=1S/C27H32FN5O4S/c1-3-6-20-21(4-2)38-27-22(26(36)29-8-10-31-9-5-7-17(31)16-34)23(35)18-15-19(28)25(30-24(18)33(20)27)32-11-13-37-14-12-32/h3-4,6,15,17,34H,2,5,7-14,16H2,1H3,(H,29,36)/b6-3-/t17-/m1/s1. The Morgan fingerprint density at radius 3 is 2.87 bits per heavy atom. The molecule has 0 radical (unpaired) electrons. The molecule has 2 fully saturated rings. The van der Waals surface area contributed by atoms with Crippen LogP contribution >= 0.6 is 11.3 Å². The van der Waals surface area contributed by atoms with E-state index in [-0.39, 0.29) is 29.4 Å². The third-order valence-electron chi connectivity index (χ3n) is 7.18. The molecule has 0 aromatic carbocycles. The minimum absolute atomic E-state index is 0.0400. The van der Waals surface area contributed by atoms with Gasteiger partial charge in [0.05, 0.1) is 35.8 Å². The second-order valence-corrected chi connectivity index (χ2v) is 10.5. The molecule has 2 aliphatic rings. The Bertz CT molecular complexity index is 1460. The van der Waals surface area contributed by atoms with Crippen LogP contribution in [0.15, 0.2) is 23.5 Å². The number of nitrogens with zero attached hydrogens (tertiary/aromatic N) is 4. The Morgan fingerprint density at radius 1 is 1.37 bits per heavy atom. The number of amides is 1. The summed E-state index contributed by atoms with van der Waals surface area (Å²) in [7, 11) is 0. The van der Waals surface area contributed by atoms with E-state index >= 15 is 4.39 Å². The van der Waals surface area contributed by atoms with Crippen molar-refractivity contribution in [2.24, 2.45) is 0 Å². The number of thiazole rings is 1. The molecule has 0 unspecified atom stereocenters. The average molecular weight is 542 g/mol. The number of morpholine rings is 1. The van der Waals surface area contributed by atoms with E-state index in [9.17, 15) is 14.7 Å². The number of rotatable bonds is 8. The second-order valence-electron chi connectivity index (χ2n) is 9.44. The maximum absolute atomic E-state index is 15.3. The first kappa shape index (κ1) is 26.5.